The second-order valence-electron chi connectivity index (χ2n) is 9.92. The van der Waals surface area contributed by atoms with Gasteiger partial charge < -0.3 is 4.74 Å². The van der Waals surface area contributed by atoms with Crippen LogP contribution in [0, 0.1) is 28.6 Å². The zero-order chi connectivity index (χ0) is 17.6. The Kier molecular flexibility index (Phi) is 3.15. The lowest BCUT2D eigenvalue weighted by Crippen LogP contribution is -2.68. The van der Waals surface area contributed by atoms with Crippen LogP contribution in [-0.4, -0.2) is 23.3 Å². The van der Waals surface area contributed by atoms with Gasteiger partial charge in [0.15, 0.2) is 11.6 Å². The highest BCUT2D eigenvalue weighted by atomic mass is 16.6. The molecular weight excluding hydrogens is 312 g/mol. The molecule has 25 heavy (non-hydrogen) atoms. The van der Waals surface area contributed by atoms with Crippen LogP contribution in [0.25, 0.3) is 0 Å². The first-order valence-electron chi connectivity index (χ1n) is 10.3. The molecule has 0 amide bonds. The summed E-state index contributed by atoms with van der Waals surface area (Å²) in [5, 5.41) is 0. The van der Waals surface area contributed by atoms with E-state index in [0.29, 0.717) is 35.7 Å². The third-order valence-electron chi connectivity index (χ3n) is 9.23. The van der Waals surface area contributed by atoms with Crippen molar-refractivity contribution in [1.29, 1.82) is 0 Å². The van der Waals surface area contributed by atoms with Crippen molar-refractivity contribution in [2.45, 2.75) is 83.8 Å². The standard InChI is InChI=1S/C22H30O3/c1-13-19(24)22(25-13)11-8-18-16-5-4-14-12-15(23)6-9-20(14,2)17(16)7-10-21(18,22)3/h12-13,16-18H,4-11H2,1-3H3/t13?,16-,17+,18+,20+,21+,22+/m1/s1. The molecule has 5 aliphatic rings. The van der Waals surface area contributed by atoms with Crippen LogP contribution in [-0.2, 0) is 14.3 Å². The Labute approximate surface area is 150 Å². The topological polar surface area (TPSA) is 43.4 Å². The predicted octanol–water partition coefficient (Wildman–Crippen LogP) is 4.24. The van der Waals surface area contributed by atoms with E-state index in [2.05, 4.69) is 13.8 Å². The van der Waals surface area contributed by atoms with E-state index in [0.717, 1.165) is 32.1 Å². The lowest BCUT2D eigenvalue weighted by atomic mass is 9.46. The molecule has 1 aliphatic heterocycles. The highest BCUT2D eigenvalue weighted by Crippen LogP contribution is 2.70. The molecule has 4 aliphatic carbocycles. The number of hydrogen-bond donors (Lipinski definition) is 0. The summed E-state index contributed by atoms with van der Waals surface area (Å²) in [6.45, 7) is 6.68. The van der Waals surface area contributed by atoms with Gasteiger partial charge in [0, 0.05) is 11.8 Å². The molecule has 3 heteroatoms. The lowest BCUT2D eigenvalue weighted by Gasteiger charge is -2.61. The van der Waals surface area contributed by atoms with Crippen molar-refractivity contribution in [2.75, 3.05) is 0 Å². The fourth-order valence-electron chi connectivity index (χ4n) is 7.84. The summed E-state index contributed by atoms with van der Waals surface area (Å²) < 4.78 is 6.19. The van der Waals surface area contributed by atoms with Gasteiger partial charge in [-0.15, -0.1) is 0 Å². The van der Waals surface area contributed by atoms with Crippen molar-refractivity contribution in [3.8, 4) is 0 Å². The summed E-state index contributed by atoms with van der Waals surface area (Å²) in [5.41, 5.74) is 1.19. The lowest BCUT2D eigenvalue weighted by molar-refractivity contribution is -0.235. The molecule has 0 bridgehead atoms. The Morgan fingerprint density at radius 2 is 1.76 bits per heavy atom. The first-order chi connectivity index (χ1) is 11.8. The first kappa shape index (κ1) is 16.2. The number of hydrogen-bond acceptors (Lipinski definition) is 3. The van der Waals surface area contributed by atoms with Crippen LogP contribution in [0.1, 0.15) is 72.1 Å². The Morgan fingerprint density at radius 1 is 1.00 bits per heavy atom. The minimum atomic E-state index is -0.471. The maximum atomic E-state index is 12.8. The largest absolute Gasteiger partial charge is 0.356 e. The van der Waals surface area contributed by atoms with E-state index < -0.39 is 5.60 Å². The average Bonchev–Trinajstić information content (AvgIpc) is 2.90. The third kappa shape index (κ3) is 1.76. The monoisotopic (exact) mass is 342 g/mol. The summed E-state index contributed by atoms with van der Waals surface area (Å²) in [6.07, 6.45) is 10.2. The van der Waals surface area contributed by atoms with Gasteiger partial charge in [-0.25, -0.2) is 0 Å². The number of ketones is 2. The number of fused-ring (bicyclic) bond motifs is 6. The Balaban J connectivity index is 1.49. The van der Waals surface area contributed by atoms with Crippen LogP contribution in [0.4, 0.5) is 0 Å². The summed E-state index contributed by atoms with van der Waals surface area (Å²) in [7, 11) is 0. The second kappa shape index (κ2) is 4.85. The normalized spacial score (nSPS) is 54.4. The molecule has 5 rings (SSSR count). The van der Waals surface area contributed by atoms with Crippen LogP contribution in [0.3, 0.4) is 0 Å². The molecule has 0 aromatic rings. The predicted molar refractivity (Wildman–Crippen MR) is 95.0 cm³/mol. The van der Waals surface area contributed by atoms with Crippen molar-refractivity contribution < 1.29 is 14.3 Å². The molecule has 136 valence electrons. The van der Waals surface area contributed by atoms with Crippen molar-refractivity contribution in [3.63, 3.8) is 0 Å². The Morgan fingerprint density at radius 3 is 2.48 bits per heavy atom. The summed E-state index contributed by atoms with van der Waals surface area (Å²) in [6, 6.07) is 0. The number of ether oxygens (including phenoxy) is 1. The molecule has 3 nitrogen and oxygen atoms in total. The maximum absolute atomic E-state index is 12.8. The minimum Gasteiger partial charge on any atom is -0.356 e. The average molecular weight is 342 g/mol. The Hall–Kier alpha value is -0.960. The van der Waals surface area contributed by atoms with Gasteiger partial charge in [-0.05, 0) is 81.1 Å². The van der Waals surface area contributed by atoms with Crippen molar-refractivity contribution in [1.82, 2.24) is 0 Å². The smallest absolute Gasteiger partial charge is 0.193 e. The molecule has 3 saturated carbocycles. The number of rotatable bonds is 0. The Bertz CT molecular complexity index is 693. The molecule has 0 radical (unpaired) electrons. The fraction of sp³-hybridized carbons (Fsp3) is 0.818. The number of allylic oxidation sites excluding steroid dienone is 1. The van der Waals surface area contributed by atoms with Crippen LogP contribution in [0.5, 0.6) is 0 Å². The van der Waals surface area contributed by atoms with E-state index in [1.54, 1.807) is 0 Å². The van der Waals surface area contributed by atoms with E-state index in [1.165, 1.54) is 18.4 Å². The van der Waals surface area contributed by atoms with Gasteiger partial charge in [0.2, 0.25) is 0 Å². The van der Waals surface area contributed by atoms with Gasteiger partial charge in [0.05, 0.1) is 0 Å². The number of carbonyl (C=O) groups excluding carboxylic acids is 2. The molecule has 1 spiro atoms. The van der Waals surface area contributed by atoms with Gasteiger partial charge in [-0.2, -0.15) is 0 Å². The molecule has 1 unspecified atom stereocenters. The fourth-order valence-corrected chi connectivity index (χ4v) is 7.84. The molecule has 0 aromatic carbocycles. The van der Waals surface area contributed by atoms with Gasteiger partial charge in [0.1, 0.15) is 11.7 Å². The van der Waals surface area contributed by atoms with E-state index in [4.69, 9.17) is 4.74 Å². The van der Waals surface area contributed by atoms with Gasteiger partial charge in [-0.3, -0.25) is 9.59 Å². The van der Waals surface area contributed by atoms with Gasteiger partial charge in [-0.1, -0.05) is 19.4 Å². The maximum Gasteiger partial charge on any atom is 0.193 e. The van der Waals surface area contributed by atoms with Crippen LogP contribution < -0.4 is 0 Å². The van der Waals surface area contributed by atoms with Crippen LogP contribution >= 0.6 is 0 Å². The van der Waals surface area contributed by atoms with Crippen LogP contribution in [0.15, 0.2) is 11.6 Å². The van der Waals surface area contributed by atoms with E-state index in [-0.39, 0.29) is 16.9 Å². The molecule has 0 aromatic heterocycles. The van der Waals surface area contributed by atoms with Crippen molar-refractivity contribution >= 4 is 11.6 Å². The van der Waals surface area contributed by atoms with E-state index >= 15 is 0 Å². The second-order valence-corrected chi connectivity index (χ2v) is 9.92. The van der Waals surface area contributed by atoms with Crippen molar-refractivity contribution in [3.05, 3.63) is 11.6 Å². The molecule has 0 N–H and O–H groups in total. The minimum absolute atomic E-state index is 0.0276. The highest BCUT2D eigenvalue weighted by Gasteiger charge is 2.71. The number of Topliss-reactive ketones (excluding diaryl/α,β-unsaturated/α-hetero) is 1. The molecule has 1 saturated heterocycles. The zero-order valence-electron chi connectivity index (χ0n) is 15.8. The third-order valence-corrected chi connectivity index (χ3v) is 9.23. The van der Waals surface area contributed by atoms with Gasteiger partial charge >= 0.3 is 0 Å². The first-order valence-corrected chi connectivity index (χ1v) is 10.3. The molecule has 4 fully saturated rings. The van der Waals surface area contributed by atoms with Crippen LogP contribution in [0.2, 0.25) is 0 Å². The zero-order valence-corrected chi connectivity index (χ0v) is 15.8. The van der Waals surface area contributed by atoms with E-state index in [1.807, 2.05) is 13.0 Å². The summed E-state index contributed by atoms with van der Waals surface area (Å²) in [5.74, 6) is 2.68. The molecule has 7 atom stereocenters. The van der Waals surface area contributed by atoms with Crippen molar-refractivity contribution in [2.24, 2.45) is 28.6 Å². The molecular formula is C22H30O3. The number of carbonyl (C=O) groups is 2. The van der Waals surface area contributed by atoms with E-state index in [9.17, 15) is 9.59 Å². The highest BCUT2D eigenvalue weighted by molar-refractivity contribution is 5.97. The SMILES string of the molecule is CC1O[C@@]2(CC[C@H]3[C@@H]4CCC5=CC(=O)CC[C@]5(C)[C@H]4CC[C@@]32C)C1=O. The molecule has 1 heterocycles. The summed E-state index contributed by atoms with van der Waals surface area (Å²) in [4.78, 5) is 24.7. The van der Waals surface area contributed by atoms with Gasteiger partial charge in [0.25, 0.3) is 0 Å². The summed E-state index contributed by atoms with van der Waals surface area (Å²) >= 11 is 0. The quantitative estimate of drug-likeness (QED) is 0.661.